The maximum atomic E-state index is 11.9. The fourth-order valence-electron chi connectivity index (χ4n) is 2.05. The lowest BCUT2D eigenvalue weighted by Crippen LogP contribution is -2.17. The zero-order valence-corrected chi connectivity index (χ0v) is 13.3. The summed E-state index contributed by atoms with van der Waals surface area (Å²) in [5, 5.41) is 5.69. The molecule has 1 N–H and O–H groups in total. The Labute approximate surface area is 142 Å². The van der Waals surface area contributed by atoms with Gasteiger partial charge in [-0.25, -0.2) is 10.4 Å². The normalized spacial score (nSPS) is 11.0. The van der Waals surface area contributed by atoms with Crippen LogP contribution in [0.1, 0.15) is 15.9 Å². The topological polar surface area (TPSA) is 54.4 Å². The van der Waals surface area contributed by atoms with E-state index < -0.39 is 0 Å². The fourth-order valence-corrected chi connectivity index (χ4v) is 2.42. The molecule has 0 atom stereocenters. The first-order valence-electron chi connectivity index (χ1n) is 6.78. The maximum Gasteiger partial charge on any atom is 0.271 e. The van der Waals surface area contributed by atoms with Crippen molar-refractivity contribution in [3.8, 4) is 0 Å². The van der Waals surface area contributed by atoms with Crippen LogP contribution in [0.3, 0.4) is 0 Å². The van der Waals surface area contributed by atoms with E-state index in [9.17, 15) is 4.79 Å². The molecule has 23 heavy (non-hydrogen) atoms. The summed E-state index contributed by atoms with van der Waals surface area (Å²) < 4.78 is 0. The van der Waals surface area contributed by atoms with E-state index in [2.05, 4.69) is 15.5 Å². The number of nitrogens with one attached hydrogen (secondary N) is 1. The lowest BCUT2D eigenvalue weighted by molar-refractivity contribution is 0.0955. The van der Waals surface area contributed by atoms with Crippen molar-refractivity contribution in [2.45, 2.75) is 0 Å². The Morgan fingerprint density at radius 2 is 1.87 bits per heavy atom. The number of carbonyl (C=O) groups excluding carboxylic acids is 1. The highest BCUT2D eigenvalue weighted by atomic mass is 35.5. The summed E-state index contributed by atoms with van der Waals surface area (Å²) in [6, 6.07) is 16.0. The standard InChI is InChI=1S/C17H11Cl2N3O/c18-14-6-7-15-12(9-14)8-13(16(19)21-15)10-20-22-17(23)11-4-2-1-3-5-11/h1-10H,(H,22,23)/b20-10-. The minimum atomic E-state index is -0.297. The molecule has 0 aliphatic carbocycles. The Hall–Kier alpha value is -2.43. The fraction of sp³-hybridized carbons (Fsp3) is 0. The number of rotatable bonds is 3. The smallest absolute Gasteiger partial charge is 0.267 e. The van der Waals surface area contributed by atoms with Crippen molar-refractivity contribution in [2.75, 3.05) is 0 Å². The van der Waals surface area contributed by atoms with Gasteiger partial charge in [0.25, 0.3) is 5.91 Å². The van der Waals surface area contributed by atoms with Crippen LogP contribution in [0, 0.1) is 0 Å². The monoisotopic (exact) mass is 343 g/mol. The summed E-state index contributed by atoms with van der Waals surface area (Å²) in [5.74, 6) is -0.297. The first-order chi connectivity index (χ1) is 11.1. The van der Waals surface area contributed by atoms with E-state index in [0.717, 1.165) is 10.9 Å². The van der Waals surface area contributed by atoms with E-state index in [1.807, 2.05) is 12.1 Å². The summed E-state index contributed by atoms with van der Waals surface area (Å²) in [7, 11) is 0. The van der Waals surface area contributed by atoms with Crippen LogP contribution < -0.4 is 5.43 Å². The highest BCUT2D eigenvalue weighted by Crippen LogP contribution is 2.22. The van der Waals surface area contributed by atoms with Gasteiger partial charge in [-0.3, -0.25) is 4.79 Å². The molecule has 114 valence electrons. The molecule has 0 fully saturated rings. The SMILES string of the molecule is O=C(N/N=C\c1cc2cc(Cl)ccc2nc1Cl)c1ccccc1. The quantitative estimate of drug-likeness (QED) is 0.437. The molecule has 4 nitrogen and oxygen atoms in total. The third kappa shape index (κ3) is 3.67. The molecule has 0 radical (unpaired) electrons. The van der Waals surface area contributed by atoms with E-state index in [4.69, 9.17) is 23.2 Å². The first kappa shape index (κ1) is 15.5. The number of carbonyl (C=O) groups is 1. The Balaban J connectivity index is 1.80. The van der Waals surface area contributed by atoms with Gasteiger partial charge in [-0.05, 0) is 36.4 Å². The van der Waals surface area contributed by atoms with Gasteiger partial charge in [-0.2, -0.15) is 5.10 Å². The third-order valence-electron chi connectivity index (χ3n) is 3.16. The minimum absolute atomic E-state index is 0.297. The molecule has 2 aromatic carbocycles. The lowest BCUT2D eigenvalue weighted by atomic mass is 10.2. The van der Waals surface area contributed by atoms with Crippen LogP contribution in [0.5, 0.6) is 0 Å². The van der Waals surface area contributed by atoms with Gasteiger partial charge >= 0.3 is 0 Å². The van der Waals surface area contributed by atoms with E-state index in [-0.39, 0.29) is 5.91 Å². The van der Waals surface area contributed by atoms with Crippen molar-refractivity contribution < 1.29 is 4.79 Å². The van der Waals surface area contributed by atoms with Crippen LogP contribution in [-0.4, -0.2) is 17.1 Å². The summed E-state index contributed by atoms with van der Waals surface area (Å²) in [6.45, 7) is 0. The van der Waals surface area contributed by atoms with Gasteiger partial charge in [0.2, 0.25) is 0 Å². The van der Waals surface area contributed by atoms with E-state index in [1.54, 1.807) is 42.5 Å². The number of nitrogens with zero attached hydrogens (tertiary/aromatic N) is 2. The van der Waals surface area contributed by atoms with Gasteiger partial charge in [0, 0.05) is 21.5 Å². The number of amides is 1. The molecule has 0 aliphatic rings. The van der Waals surface area contributed by atoms with Gasteiger partial charge in [0.15, 0.2) is 0 Å². The van der Waals surface area contributed by atoms with Crippen LogP contribution in [0.2, 0.25) is 10.2 Å². The van der Waals surface area contributed by atoms with Crippen LogP contribution >= 0.6 is 23.2 Å². The number of hydrogen-bond donors (Lipinski definition) is 1. The molecule has 0 aliphatic heterocycles. The van der Waals surface area contributed by atoms with Crippen LogP contribution in [-0.2, 0) is 0 Å². The molecule has 0 spiro atoms. The van der Waals surface area contributed by atoms with Gasteiger partial charge in [-0.1, -0.05) is 41.4 Å². The molecular weight excluding hydrogens is 333 g/mol. The van der Waals surface area contributed by atoms with Crippen molar-refractivity contribution in [1.29, 1.82) is 0 Å². The van der Waals surface area contributed by atoms with Crippen molar-refractivity contribution in [2.24, 2.45) is 5.10 Å². The molecule has 1 aromatic heterocycles. The molecule has 0 bridgehead atoms. The second-order valence-corrected chi connectivity index (χ2v) is 5.57. The van der Waals surface area contributed by atoms with Crippen LogP contribution in [0.4, 0.5) is 0 Å². The van der Waals surface area contributed by atoms with E-state index >= 15 is 0 Å². The molecule has 6 heteroatoms. The summed E-state index contributed by atoms with van der Waals surface area (Å²) in [4.78, 5) is 16.2. The van der Waals surface area contributed by atoms with Crippen molar-refractivity contribution in [3.63, 3.8) is 0 Å². The third-order valence-corrected chi connectivity index (χ3v) is 3.70. The highest BCUT2D eigenvalue weighted by Gasteiger charge is 2.05. The van der Waals surface area contributed by atoms with Crippen molar-refractivity contribution in [1.82, 2.24) is 10.4 Å². The first-order valence-corrected chi connectivity index (χ1v) is 7.53. The largest absolute Gasteiger partial charge is 0.271 e. The minimum Gasteiger partial charge on any atom is -0.267 e. The lowest BCUT2D eigenvalue weighted by Gasteiger charge is -2.03. The van der Waals surface area contributed by atoms with E-state index in [1.165, 1.54) is 6.21 Å². The number of halogens is 2. The molecule has 0 unspecified atom stereocenters. The van der Waals surface area contributed by atoms with E-state index in [0.29, 0.717) is 21.3 Å². The summed E-state index contributed by atoms with van der Waals surface area (Å²) in [5.41, 5.74) is 4.31. The van der Waals surface area contributed by atoms with Crippen molar-refractivity contribution in [3.05, 3.63) is 75.9 Å². The van der Waals surface area contributed by atoms with Gasteiger partial charge in [-0.15, -0.1) is 0 Å². The van der Waals surface area contributed by atoms with Crippen molar-refractivity contribution >= 4 is 46.2 Å². The van der Waals surface area contributed by atoms with Gasteiger partial charge in [0.05, 0.1) is 11.7 Å². The second-order valence-electron chi connectivity index (χ2n) is 4.77. The summed E-state index contributed by atoms with van der Waals surface area (Å²) >= 11 is 12.1. The molecule has 0 saturated carbocycles. The number of hydrogen-bond acceptors (Lipinski definition) is 3. The zero-order valence-electron chi connectivity index (χ0n) is 11.8. The second kappa shape index (κ2) is 6.77. The molecule has 3 rings (SSSR count). The highest BCUT2D eigenvalue weighted by molar-refractivity contribution is 6.33. The molecule has 1 amide bonds. The molecule has 3 aromatic rings. The Kier molecular flexibility index (Phi) is 4.55. The zero-order chi connectivity index (χ0) is 16.2. The van der Waals surface area contributed by atoms with Gasteiger partial charge < -0.3 is 0 Å². The molecule has 0 saturated heterocycles. The molecule has 1 heterocycles. The number of hydrazone groups is 1. The van der Waals surface area contributed by atoms with Crippen LogP contribution in [0.25, 0.3) is 10.9 Å². The number of pyridine rings is 1. The average molecular weight is 344 g/mol. The van der Waals surface area contributed by atoms with Gasteiger partial charge in [0.1, 0.15) is 5.15 Å². The Morgan fingerprint density at radius 1 is 1.09 bits per heavy atom. The Bertz CT molecular complexity index is 895. The Morgan fingerprint density at radius 3 is 2.65 bits per heavy atom. The van der Waals surface area contributed by atoms with Crippen LogP contribution in [0.15, 0.2) is 59.7 Å². The number of benzene rings is 2. The number of aromatic nitrogens is 1. The number of fused-ring (bicyclic) bond motifs is 1. The predicted octanol–water partition coefficient (Wildman–Crippen LogP) is 4.31. The average Bonchev–Trinajstić information content (AvgIpc) is 2.56. The predicted molar refractivity (Wildman–Crippen MR) is 93.3 cm³/mol. The molecular formula is C17H11Cl2N3O. The summed E-state index contributed by atoms with van der Waals surface area (Å²) in [6.07, 6.45) is 1.45. The maximum absolute atomic E-state index is 11.9.